The highest BCUT2D eigenvalue weighted by Crippen LogP contribution is 2.22. The third kappa shape index (κ3) is 0.394. The SMILES string of the molecule is O=Cc1occ2ooc12. The third-order valence-corrected chi connectivity index (χ3v) is 1.06. The maximum Gasteiger partial charge on any atom is 0.274 e. The Labute approximate surface area is 48.9 Å². The molecular weight excluding hydrogens is 124 g/mol. The molecule has 0 saturated carbocycles. The van der Waals surface area contributed by atoms with Gasteiger partial charge in [-0.1, -0.05) is 0 Å². The van der Waals surface area contributed by atoms with Crippen molar-refractivity contribution < 1.29 is 18.4 Å². The number of aldehydes is 1. The second kappa shape index (κ2) is 1.28. The van der Waals surface area contributed by atoms with Gasteiger partial charge in [0.1, 0.15) is 6.26 Å². The number of furan rings is 1. The largest absolute Gasteiger partial charge is 0.453 e. The summed E-state index contributed by atoms with van der Waals surface area (Å²) in [5.74, 6) is 0.177. The monoisotopic (exact) mass is 126 g/mol. The van der Waals surface area contributed by atoms with Gasteiger partial charge in [0, 0.05) is 0 Å². The quantitative estimate of drug-likeness (QED) is 0.428. The van der Waals surface area contributed by atoms with Crippen LogP contribution in [0.25, 0.3) is 11.2 Å². The van der Waals surface area contributed by atoms with Gasteiger partial charge in [-0.25, -0.2) is 0 Å². The lowest BCUT2D eigenvalue weighted by Gasteiger charge is -1.85. The van der Waals surface area contributed by atoms with E-state index in [1.165, 1.54) is 6.26 Å². The van der Waals surface area contributed by atoms with E-state index in [1.54, 1.807) is 0 Å². The van der Waals surface area contributed by atoms with E-state index in [0.29, 0.717) is 17.5 Å². The standard InChI is InChI=1S/C5H2O4/c6-1-3-5-4(2-7-3)8-9-5/h1-2H. The first kappa shape index (κ1) is 4.43. The number of rotatable bonds is 1. The van der Waals surface area contributed by atoms with Crippen LogP contribution in [-0.4, -0.2) is 6.29 Å². The van der Waals surface area contributed by atoms with Crippen molar-refractivity contribution >= 4 is 17.5 Å². The Morgan fingerprint density at radius 2 is 2.33 bits per heavy atom. The van der Waals surface area contributed by atoms with Crippen LogP contribution in [0, 0.1) is 0 Å². The molecule has 0 unspecified atom stereocenters. The molecule has 0 amide bonds. The van der Waals surface area contributed by atoms with Gasteiger partial charge in [-0.3, -0.25) is 13.9 Å². The van der Waals surface area contributed by atoms with Crippen LogP contribution in [0.2, 0.25) is 0 Å². The first-order chi connectivity index (χ1) is 4.42. The summed E-state index contributed by atoms with van der Waals surface area (Å²) in [6.45, 7) is 0. The van der Waals surface area contributed by atoms with Gasteiger partial charge < -0.3 is 4.42 Å². The van der Waals surface area contributed by atoms with Crippen molar-refractivity contribution in [3.8, 4) is 0 Å². The minimum atomic E-state index is 0.177. The maximum atomic E-state index is 10.0. The summed E-state index contributed by atoms with van der Waals surface area (Å²) in [6.07, 6.45) is 1.89. The lowest BCUT2D eigenvalue weighted by Crippen LogP contribution is -1.74. The fraction of sp³-hybridized carbons (Fsp3) is 0. The molecule has 4 heteroatoms. The van der Waals surface area contributed by atoms with Crippen molar-refractivity contribution in [1.82, 2.24) is 0 Å². The van der Waals surface area contributed by atoms with Crippen LogP contribution in [0.5, 0.6) is 0 Å². The van der Waals surface area contributed by atoms with Crippen LogP contribution in [0.4, 0.5) is 0 Å². The van der Waals surface area contributed by atoms with Crippen molar-refractivity contribution in [3.05, 3.63) is 12.0 Å². The molecule has 0 aliphatic carbocycles. The third-order valence-electron chi connectivity index (χ3n) is 1.06. The molecule has 2 aromatic heterocycles. The Balaban J connectivity index is 2.80. The van der Waals surface area contributed by atoms with Crippen molar-refractivity contribution in [3.63, 3.8) is 0 Å². The second-order valence-electron chi connectivity index (χ2n) is 1.58. The zero-order valence-electron chi connectivity index (χ0n) is 4.29. The summed E-state index contributed by atoms with van der Waals surface area (Å²) < 4.78 is 13.5. The molecule has 9 heavy (non-hydrogen) atoms. The summed E-state index contributed by atoms with van der Waals surface area (Å²) in [5, 5.41) is 0. The fourth-order valence-electron chi connectivity index (χ4n) is 0.619. The Morgan fingerprint density at radius 1 is 1.44 bits per heavy atom. The maximum absolute atomic E-state index is 10.0. The van der Waals surface area contributed by atoms with Gasteiger partial charge in [0.15, 0.2) is 6.29 Å². The van der Waals surface area contributed by atoms with Gasteiger partial charge in [0.25, 0.3) is 11.2 Å². The zero-order valence-corrected chi connectivity index (χ0v) is 4.29. The molecular formula is C5H2O4. The van der Waals surface area contributed by atoms with Crippen molar-refractivity contribution in [1.29, 1.82) is 0 Å². The van der Waals surface area contributed by atoms with Gasteiger partial charge in [-0.05, 0) is 0 Å². The van der Waals surface area contributed by atoms with Gasteiger partial charge in [0.05, 0.1) is 0 Å². The van der Waals surface area contributed by atoms with Gasteiger partial charge >= 0.3 is 0 Å². The van der Waals surface area contributed by atoms with Crippen molar-refractivity contribution in [2.24, 2.45) is 0 Å². The average Bonchev–Trinajstić information content (AvgIpc) is 2.07. The minimum Gasteiger partial charge on any atom is -0.453 e. The van der Waals surface area contributed by atoms with Gasteiger partial charge in [-0.15, -0.1) is 0 Å². The lowest BCUT2D eigenvalue weighted by atomic mass is 10.4. The van der Waals surface area contributed by atoms with Crippen LogP contribution < -0.4 is 0 Å². The molecule has 0 fully saturated rings. The van der Waals surface area contributed by atoms with E-state index in [0.717, 1.165) is 0 Å². The smallest absolute Gasteiger partial charge is 0.274 e. The molecule has 2 aromatic rings. The molecule has 0 aliphatic rings. The van der Waals surface area contributed by atoms with Crippen LogP contribution in [-0.2, 0) is 0 Å². The topological polar surface area (TPSA) is 56.5 Å². The predicted molar refractivity (Wildman–Crippen MR) is 26.1 cm³/mol. The Bertz CT molecular complexity index is 323. The van der Waals surface area contributed by atoms with E-state index in [4.69, 9.17) is 0 Å². The number of carbonyl (C=O) groups is 1. The van der Waals surface area contributed by atoms with Crippen molar-refractivity contribution in [2.75, 3.05) is 0 Å². The van der Waals surface area contributed by atoms with E-state index in [2.05, 4.69) is 13.6 Å². The highest BCUT2D eigenvalue weighted by atomic mass is 17.0. The van der Waals surface area contributed by atoms with E-state index in [-0.39, 0.29) is 5.76 Å². The summed E-state index contributed by atoms with van der Waals surface area (Å²) >= 11 is 0. The Morgan fingerprint density at radius 3 is 2.67 bits per heavy atom. The fourth-order valence-corrected chi connectivity index (χ4v) is 0.619. The van der Waals surface area contributed by atoms with E-state index in [1.807, 2.05) is 0 Å². The number of hydrogen-bond donors (Lipinski definition) is 0. The van der Waals surface area contributed by atoms with Crippen LogP contribution >= 0.6 is 0 Å². The van der Waals surface area contributed by atoms with Crippen LogP contribution in [0.1, 0.15) is 10.6 Å². The van der Waals surface area contributed by atoms with Crippen molar-refractivity contribution in [2.45, 2.75) is 0 Å². The molecule has 0 aliphatic heterocycles. The first-order valence-corrected chi connectivity index (χ1v) is 2.33. The molecule has 4 nitrogen and oxygen atoms in total. The molecule has 0 atom stereocenters. The molecule has 0 aromatic carbocycles. The molecule has 0 spiro atoms. The molecule has 46 valence electrons. The highest BCUT2D eigenvalue weighted by Gasteiger charge is 2.13. The molecule has 2 heterocycles. The van der Waals surface area contributed by atoms with Gasteiger partial charge in [-0.2, -0.15) is 0 Å². The van der Waals surface area contributed by atoms with Gasteiger partial charge in [0.2, 0.25) is 5.76 Å². The summed E-state index contributed by atoms with van der Waals surface area (Å²) in [7, 11) is 0. The zero-order chi connectivity index (χ0) is 6.27. The number of hydrogen-bond acceptors (Lipinski definition) is 4. The van der Waals surface area contributed by atoms with Crippen LogP contribution in [0.15, 0.2) is 19.8 Å². The summed E-state index contributed by atoms with van der Waals surface area (Å²) in [4.78, 5) is 10.0. The highest BCUT2D eigenvalue weighted by molar-refractivity contribution is 5.89. The summed E-state index contributed by atoms with van der Waals surface area (Å²) in [6, 6.07) is 0. The number of fused-ring (bicyclic) bond motifs is 1. The molecule has 0 N–H and O–H groups in total. The molecule has 2 rings (SSSR count). The molecule has 0 saturated heterocycles. The van der Waals surface area contributed by atoms with E-state index < -0.39 is 0 Å². The average molecular weight is 126 g/mol. The second-order valence-corrected chi connectivity index (χ2v) is 1.58. The summed E-state index contributed by atoms with van der Waals surface area (Å²) in [5.41, 5.74) is 0.877. The predicted octanol–water partition coefficient (Wildman–Crippen LogP) is 1.43. The lowest BCUT2D eigenvalue weighted by molar-refractivity contribution is 0.0592. The normalized spacial score (nSPS) is 10.7. The number of carbonyl (C=O) groups excluding carboxylic acids is 1. The molecule has 0 radical (unpaired) electrons. The van der Waals surface area contributed by atoms with E-state index >= 15 is 0 Å². The van der Waals surface area contributed by atoms with E-state index in [9.17, 15) is 4.79 Å². The molecule has 0 bridgehead atoms. The Hall–Kier alpha value is -1.45. The van der Waals surface area contributed by atoms with Crippen LogP contribution in [0.3, 0.4) is 0 Å². The minimum absolute atomic E-state index is 0.177. The first-order valence-electron chi connectivity index (χ1n) is 2.33. The Kier molecular flexibility index (Phi) is 0.631.